The lowest BCUT2D eigenvalue weighted by molar-refractivity contribution is 0.211. The van der Waals surface area contributed by atoms with E-state index in [-0.39, 0.29) is 5.63 Å². The number of nitrogens with one attached hydrogen (secondary N) is 1. The number of rotatable bonds is 4. The van der Waals surface area contributed by atoms with Crippen LogP contribution in [-0.4, -0.2) is 29.0 Å². The van der Waals surface area contributed by atoms with Crippen LogP contribution in [0.4, 0.5) is 5.69 Å². The van der Waals surface area contributed by atoms with Gasteiger partial charge in [-0.25, -0.2) is 9.78 Å². The van der Waals surface area contributed by atoms with Crippen molar-refractivity contribution in [3.63, 3.8) is 0 Å². The van der Waals surface area contributed by atoms with E-state index in [9.17, 15) is 4.79 Å². The summed E-state index contributed by atoms with van der Waals surface area (Å²) in [6.45, 7) is 2.85. The Hall–Kier alpha value is -2.83. The zero-order chi connectivity index (χ0) is 19.8. The molecular formula is C22H20ClN3O3. The van der Waals surface area contributed by atoms with Gasteiger partial charge in [0.05, 0.1) is 5.69 Å². The van der Waals surface area contributed by atoms with Crippen molar-refractivity contribution < 1.29 is 8.83 Å². The molecule has 2 aromatic carbocycles. The van der Waals surface area contributed by atoms with Crippen molar-refractivity contribution in [2.45, 2.75) is 25.4 Å². The Morgan fingerprint density at radius 1 is 1.10 bits per heavy atom. The van der Waals surface area contributed by atoms with Crippen LogP contribution < -0.4 is 10.9 Å². The van der Waals surface area contributed by atoms with Gasteiger partial charge in [0, 0.05) is 42.2 Å². The summed E-state index contributed by atoms with van der Waals surface area (Å²) in [7, 11) is 0. The van der Waals surface area contributed by atoms with E-state index in [1.807, 2.05) is 12.1 Å². The molecule has 0 unspecified atom stereocenters. The molecule has 0 spiro atoms. The molecule has 1 aliphatic rings. The third-order valence-electron chi connectivity index (χ3n) is 5.45. The minimum atomic E-state index is -0.358. The number of aromatic nitrogens is 1. The maximum atomic E-state index is 11.9. The van der Waals surface area contributed by atoms with Gasteiger partial charge in [-0.1, -0.05) is 17.7 Å². The number of hydrogen-bond acceptors (Lipinski definition) is 6. The summed E-state index contributed by atoms with van der Waals surface area (Å²) in [6, 6.07) is 13.3. The first-order valence-corrected chi connectivity index (χ1v) is 10.1. The molecule has 5 rings (SSSR count). The molecule has 148 valence electrons. The Morgan fingerprint density at radius 3 is 2.79 bits per heavy atom. The van der Waals surface area contributed by atoms with Crippen LogP contribution in [0.1, 0.15) is 18.4 Å². The largest absolute Gasteiger partial charge is 0.443 e. The van der Waals surface area contributed by atoms with E-state index >= 15 is 0 Å². The second-order valence-corrected chi connectivity index (χ2v) is 7.91. The molecule has 2 aromatic heterocycles. The van der Waals surface area contributed by atoms with E-state index in [0.717, 1.165) is 54.6 Å². The number of fused-ring (bicyclic) bond motifs is 2. The van der Waals surface area contributed by atoms with Gasteiger partial charge in [0.15, 0.2) is 12.0 Å². The molecular weight excluding hydrogens is 390 g/mol. The van der Waals surface area contributed by atoms with E-state index in [2.05, 4.69) is 27.3 Å². The van der Waals surface area contributed by atoms with Crippen LogP contribution in [-0.2, 0) is 6.54 Å². The summed E-state index contributed by atoms with van der Waals surface area (Å²) >= 11 is 6.13. The van der Waals surface area contributed by atoms with Crippen molar-refractivity contribution in [3.8, 4) is 0 Å². The minimum Gasteiger partial charge on any atom is -0.443 e. The molecule has 3 heterocycles. The van der Waals surface area contributed by atoms with Gasteiger partial charge in [0.1, 0.15) is 11.1 Å². The molecule has 0 amide bonds. The molecule has 0 radical (unpaired) electrons. The third-order valence-corrected chi connectivity index (χ3v) is 5.69. The van der Waals surface area contributed by atoms with E-state index < -0.39 is 0 Å². The Balaban J connectivity index is 1.26. The highest BCUT2D eigenvalue weighted by Crippen LogP contribution is 2.27. The van der Waals surface area contributed by atoms with Crippen LogP contribution >= 0.6 is 11.6 Å². The van der Waals surface area contributed by atoms with Crippen molar-refractivity contribution in [1.82, 2.24) is 9.88 Å². The first-order valence-electron chi connectivity index (χ1n) is 9.68. The Bertz CT molecular complexity index is 1220. The lowest BCUT2D eigenvalue weighted by atomic mass is 10.0. The molecule has 0 atom stereocenters. The summed E-state index contributed by atoms with van der Waals surface area (Å²) in [5, 5.41) is 4.98. The number of oxazole rings is 1. The fraction of sp³-hybridized carbons (Fsp3) is 0.273. The number of nitrogens with zero attached hydrogens (tertiary/aromatic N) is 2. The number of piperidine rings is 1. The summed E-state index contributed by atoms with van der Waals surface area (Å²) < 4.78 is 10.6. The molecule has 4 aromatic rings. The van der Waals surface area contributed by atoms with Gasteiger partial charge in [0.2, 0.25) is 0 Å². The molecule has 1 saturated heterocycles. The maximum absolute atomic E-state index is 11.9. The zero-order valence-corrected chi connectivity index (χ0v) is 16.5. The van der Waals surface area contributed by atoms with Gasteiger partial charge in [-0.15, -0.1) is 0 Å². The van der Waals surface area contributed by atoms with Gasteiger partial charge in [-0.3, -0.25) is 4.90 Å². The SMILES string of the molecule is O=c1cc(NC2CCN(Cc3ccc4ocnc4c3)CC2)c2cc(Cl)ccc2o1. The summed E-state index contributed by atoms with van der Waals surface area (Å²) in [6.07, 6.45) is 3.47. The van der Waals surface area contributed by atoms with Crippen molar-refractivity contribution in [2.24, 2.45) is 0 Å². The topological polar surface area (TPSA) is 71.5 Å². The van der Waals surface area contributed by atoms with Gasteiger partial charge < -0.3 is 14.2 Å². The number of benzene rings is 2. The van der Waals surface area contributed by atoms with Gasteiger partial charge in [0.25, 0.3) is 0 Å². The second kappa shape index (κ2) is 7.54. The summed E-state index contributed by atoms with van der Waals surface area (Å²) in [5.74, 6) is 0. The van der Waals surface area contributed by atoms with Crippen LogP contribution in [0.5, 0.6) is 0 Å². The Kier molecular flexibility index (Phi) is 4.73. The first kappa shape index (κ1) is 18.2. The van der Waals surface area contributed by atoms with Crippen LogP contribution in [0, 0.1) is 0 Å². The normalized spacial score (nSPS) is 15.9. The highest BCUT2D eigenvalue weighted by Gasteiger charge is 2.20. The average molecular weight is 410 g/mol. The number of halogens is 1. The fourth-order valence-electron chi connectivity index (χ4n) is 3.97. The molecule has 0 bridgehead atoms. The molecule has 0 aliphatic carbocycles. The van der Waals surface area contributed by atoms with Crippen LogP contribution in [0.2, 0.25) is 5.02 Å². The maximum Gasteiger partial charge on any atom is 0.338 e. The third kappa shape index (κ3) is 3.86. The highest BCUT2D eigenvalue weighted by atomic mass is 35.5. The molecule has 7 heteroatoms. The Morgan fingerprint density at radius 2 is 1.93 bits per heavy atom. The van der Waals surface area contributed by atoms with Crippen LogP contribution in [0.15, 0.2) is 62.5 Å². The van der Waals surface area contributed by atoms with E-state index in [1.165, 1.54) is 18.0 Å². The number of likely N-dealkylation sites (tertiary alicyclic amines) is 1. The minimum absolute atomic E-state index is 0.299. The second-order valence-electron chi connectivity index (χ2n) is 7.47. The number of anilines is 1. The zero-order valence-electron chi connectivity index (χ0n) is 15.7. The lowest BCUT2D eigenvalue weighted by Gasteiger charge is -2.33. The first-order chi connectivity index (χ1) is 14.1. The molecule has 1 fully saturated rings. The standard InChI is InChI=1S/C22H20ClN3O3/c23-15-2-4-20-17(10-15)18(11-22(27)29-20)25-16-5-7-26(8-6-16)12-14-1-3-21-19(9-14)24-13-28-21/h1-4,9-11,13,16,25H,5-8,12H2. The number of hydrogen-bond donors (Lipinski definition) is 1. The highest BCUT2D eigenvalue weighted by molar-refractivity contribution is 6.31. The molecule has 0 saturated carbocycles. The predicted octanol–water partition coefficient (Wildman–Crippen LogP) is 4.66. The van der Waals surface area contributed by atoms with E-state index in [1.54, 1.807) is 12.1 Å². The quantitative estimate of drug-likeness (QED) is 0.494. The summed E-state index contributed by atoms with van der Waals surface area (Å²) in [4.78, 5) is 18.6. The molecule has 6 nitrogen and oxygen atoms in total. The monoisotopic (exact) mass is 409 g/mol. The van der Waals surface area contributed by atoms with E-state index in [4.69, 9.17) is 20.4 Å². The predicted molar refractivity (Wildman–Crippen MR) is 113 cm³/mol. The smallest absolute Gasteiger partial charge is 0.338 e. The Labute approximate surface area is 172 Å². The van der Waals surface area contributed by atoms with Crippen molar-refractivity contribution >= 4 is 39.4 Å². The van der Waals surface area contributed by atoms with Crippen molar-refractivity contribution in [1.29, 1.82) is 0 Å². The van der Waals surface area contributed by atoms with Crippen LogP contribution in [0.25, 0.3) is 22.1 Å². The molecule has 29 heavy (non-hydrogen) atoms. The molecule has 1 aliphatic heterocycles. The van der Waals surface area contributed by atoms with Crippen molar-refractivity contribution in [3.05, 3.63) is 69.9 Å². The fourth-order valence-corrected chi connectivity index (χ4v) is 4.14. The van der Waals surface area contributed by atoms with Gasteiger partial charge in [-0.2, -0.15) is 0 Å². The average Bonchev–Trinajstić information content (AvgIpc) is 3.18. The molecule has 1 N–H and O–H groups in total. The van der Waals surface area contributed by atoms with Crippen molar-refractivity contribution in [2.75, 3.05) is 18.4 Å². The van der Waals surface area contributed by atoms with E-state index in [0.29, 0.717) is 16.6 Å². The summed E-state index contributed by atoms with van der Waals surface area (Å²) in [5.41, 5.74) is 3.92. The van der Waals surface area contributed by atoms with Gasteiger partial charge >= 0.3 is 5.63 Å². The van der Waals surface area contributed by atoms with Gasteiger partial charge in [-0.05, 0) is 48.7 Å². The van der Waals surface area contributed by atoms with Crippen LogP contribution in [0.3, 0.4) is 0 Å². The lowest BCUT2D eigenvalue weighted by Crippen LogP contribution is -2.38.